The molecule has 76 valence electrons. The fraction of sp³-hybridized carbons (Fsp3) is 0.333. The highest BCUT2D eigenvalue weighted by Crippen LogP contribution is 2.21. The number of hydrogen-bond acceptors (Lipinski definition) is 2. The Balaban J connectivity index is 2.79. The minimum Gasteiger partial charge on any atom is -0.497 e. The fourth-order valence-electron chi connectivity index (χ4n) is 1.35. The summed E-state index contributed by atoms with van der Waals surface area (Å²) in [4.78, 5) is 0. The predicted octanol–water partition coefficient (Wildman–Crippen LogP) is 2.45. The lowest BCUT2D eigenvalue weighted by Crippen LogP contribution is -2.14. The summed E-state index contributed by atoms with van der Waals surface area (Å²) < 4.78 is 5.14. The number of nitrogens with two attached hydrogens (primary N) is 1. The van der Waals surface area contributed by atoms with Crippen molar-refractivity contribution in [3.05, 3.63) is 36.4 Å². The molecular weight excluding hydrogens is 174 g/mol. The SMILES string of the molecule is C=C(CC(C)N)c1cccc(OC)c1. The molecule has 0 aromatic heterocycles. The van der Waals surface area contributed by atoms with Gasteiger partial charge in [-0.05, 0) is 36.6 Å². The van der Waals surface area contributed by atoms with Gasteiger partial charge in [-0.2, -0.15) is 0 Å². The third kappa shape index (κ3) is 2.89. The first kappa shape index (κ1) is 10.8. The Morgan fingerprint density at radius 3 is 2.86 bits per heavy atom. The molecule has 14 heavy (non-hydrogen) atoms. The van der Waals surface area contributed by atoms with Gasteiger partial charge in [-0.1, -0.05) is 18.7 Å². The maximum absolute atomic E-state index is 5.71. The van der Waals surface area contributed by atoms with Gasteiger partial charge >= 0.3 is 0 Å². The molecule has 0 amide bonds. The Bertz CT molecular complexity index is 318. The molecule has 1 unspecified atom stereocenters. The first-order chi connectivity index (χ1) is 6.63. The molecule has 0 saturated carbocycles. The monoisotopic (exact) mass is 191 g/mol. The number of benzene rings is 1. The molecule has 0 radical (unpaired) electrons. The smallest absolute Gasteiger partial charge is 0.119 e. The van der Waals surface area contributed by atoms with Gasteiger partial charge in [0.1, 0.15) is 5.75 Å². The van der Waals surface area contributed by atoms with Gasteiger partial charge in [0.25, 0.3) is 0 Å². The van der Waals surface area contributed by atoms with Gasteiger partial charge in [0, 0.05) is 6.04 Å². The quantitative estimate of drug-likeness (QED) is 0.793. The van der Waals surface area contributed by atoms with E-state index >= 15 is 0 Å². The summed E-state index contributed by atoms with van der Waals surface area (Å²) in [5, 5.41) is 0. The lowest BCUT2D eigenvalue weighted by molar-refractivity contribution is 0.414. The van der Waals surface area contributed by atoms with E-state index in [1.54, 1.807) is 7.11 Å². The van der Waals surface area contributed by atoms with Crippen molar-refractivity contribution in [3.63, 3.8) is 0 Å². The van der Waals surface area contributed by atoms with E-state index in [1.165, 1.54) is 0 Å². The predicted molar refractivity (Wildman–Crippen MR) is 60.3 cm³/mol. The molecule has 0 saturated heterocycles. The number of methoxy groups -OCH3 is 1. The fourth-order valence-corrected chi connectivity index (χ4v) is 1.35. The van der Waals surface area contributed by atoms with Crippen LogP contribution >= 0.6 is 0 Å². The third-order valence-corrected chi connectivity index (χ3v) is 2.05. The van der Waals surface area contributed by atoms with Crippen LogP contribution in [0.25, 0.3) is 5.57 Å². The topological polar surface area (TPSA) is 35.2 Å². The molecule has 0 fully saturated rings. The van der Waals surface area contributed by atoms with Crippen LogP contribution in [-0.2, 0) is 0 Å². The van der Waals surface area contributed by atoms with Gasteiger partial charge < -0.3 is 10.5 Å². The molecule has 1 aromatic rings. The Kier molecular flexibility index (Phi) is 3.72. The maximum Gasteiger partial charge on any atom is 0.119 e. The average Bonchev–Trinajstić information content (AvgIpc) is 2.17. The lowest BCUT2D eigenvalue weighted by Gasteiger charge is -2.09. The van der Waals surface area contributed by atoms with Gasteiger partial charge in [-0.15, -0.1) is 0 Å². The molecule has 1 atom stereocenters. The Morgan fingerprint density at radius 2 is 2.29 bits per heavy atom. The highest BCUT2D eigenvalue weighted by atomic mass is 16.5. The Hall–Kier alpha value is -1.28. The van der Waals surface area contributed by atoms with Crippen LogP contribution < -0.4 is 10.5 Å². The standard InChI is InChI=1S/C12H17NO/c1-9(7-10(2)13)11-5-4-6-12(8-11)14-3/h4-6,8,10H,1,7,13H2,2-3H3. The molecular formula is C12H17NO. The molecule has 0 heterocycles. The van der Waals surface area contributed by atoms with Crippen LogP contribution in [0.1, 0.15) is 18.9 Å². The zero-order valence-electron chi connectivity index (χ0n) is 8.79. The van der Waals surface area contributed by atoms with Gasteiger partial charge in [-0.25, -0.2) is 0 Å². The molecule has 2 heteroatoms. The van der Waals surface area contributed by atoms with Crippen LogP contribution in [-0.4, -0.2) is 13.2 Å². The molecule has 0 bridgehead atoms. The molecule has 0 aliphatic heterocycles. The van der Waals surface area contributed by atoms with Gasteiger partial charge in [0.2, 0.25) is 0 Å². The number of hydrogen-bond donors (Lipinski definition) is 1. The van der Waals surface area contributed by atoms with E-state index < -0.39 is 0 Å². The Morgan fingerprint density at radius 1 is 1.57 bits per heavy atom. The van der Waals surface area contributed by atoms with Crippen molar-refractivity contribution in [1.29, 1.82) is 0 Å². The zero-order valence-corrected chi connectivity index (χ0v) is 8.79. The van der Waals surface area contributed by atoms with Crippen molar-refractivity contribution in [3.8, 4) is 5.75 Å². The summed E-state index contributed by atoms with van der Waals surface area (Å²) in [6.07, 6.45) is 0.813. The second-order valence-corrected chi connectivity index (χ2v) is 3.52. The van der Waals surface area contributed by atoms with Crippen LogP contribution in [0, 0.1) is 0 Å². The van der Waals surface area contributed by atoms with E-state index in [9.17, 15) is 0 Å². The summed E-state index contributed by atoms with van der Waals surface area (Å²) in [6, 6.07) is 8.02. The second-order valence-electron chi connectivity index (χ2n) is 3.52. The summed E-state index contributed by atoms with van der Waals surface area (Å²) in [6.45, 7) is 5.98. The normalized spacial score (nSPS) is 12.2. The van der Waals surface area contributed by atoms with Crippen LogP contribution in [0.3, 0.4) is 0 Å². The first-order valence-corrected chi connectivity index (χ1v) is 4.71. The van der Waals surface area contributed by atoms with E-state index in [0.29, 0.717) is 0 Å². The van der Waals surface area contributed by atoms with Gasteiger partial charge in [0.15, 0.2) is 0 Å². The summed E-state index contributed by atoms with van der Waals surface area (Å²) in [5.41, 5.74) is 7.86. The van der Waals surface area contributed by atoms with Crippen molar-refractivity contribution in [2.45, 2.75) is 19.4 Å². The van der Waals surface area contributed by atoms with Crippen molar-refractivity contribution < 1.29 is 4.74 Å². The van der Waals surface area contributed by atoms with E-state index in [-0.39, 0.29) is 6.04 Å². The van der Waals surface area contributed by atoms with Crippen molar-refractivity contribution in [2.24, 2.45) is 5.73 Å². The molecule has 1 aromatic carbocycles. The molecule has 0 aliphatic carbocycles. The third-order valence-electron chi connectivity index (χ3n) is 2.05. The molecule has 2 nitrogen and oxygen atoms in total. The average molecular weight is 191 g/mol. The van der Waals surface area contributed by atoms with E-state index in [0.717, 1.165) is 23.3 Å². The summed E-state index contributed by atoms with van der Waals surface area (Å²) >= 11 is 0. The van der Waals surface area contributed by atoms with Crippen LogP contribution in [0.4, 0.5) is 0 Å². The number of ether oxygens (including phenoxy) is 1. The molecule has 0 spiro atoms. The van der Waals surface area contributed by atoms with Crippen LogP contribution in [0.15, 0.2) is 30.8 Å². The van der Waals surface area contributed by atoms with E-state index in [2.05, 4.69) is 6.58 Å². The second kappa shape index (κ2) is 4.82. The summed E-state index contributed by atoms with van der Waals surface area (Å²) in [5.74, 6) is 0.855. The zero-order chi connectivity index (χ0) is 10.6. The minimum absolute atomic E-state index is 0.147. The number of rotatable bonds is 4. The minimum atomic E-state index is 0.147. The first-order valence-electron chi connectivity index (χ1n) is 4.71. The van der Waals surface area contributed by atoms with Crippen LogP contribution in [0.5, 0.6) is 5.75 Å². The van der Waals surface area contributed by atoms with Gasteiger partial charge in [0.05, 0.1) is 7.11 Å². The van der Waals surface area contributed by atoms with E-state index in [1.807, 2.05) is 31.2 Å². The Labute approximate surface area is 85.4 Å². The summed E-state index contributed by atoms with van der Waals surface area (Å²) in [7, 11) is 1.66. The molecule has 1 rings (SSSR count). The van der Waals surface area contributed by atoms with Crippen molar-refractivity contribution in [2.75, 3.05) is 7.11 Å². The molecule has 2 N–H and O–H groups in total. The molecule has 0 aliphatic rings. The van der Waals surface area contributed by atoms with Crippen molar-refractivity contribution in [1.82, 2.24) is 0 Å². The van der Waals surface area contributed by atoms with Crippen molar-refractivity contribution >= 4 is 5.57 Å². The van der Waals surface area contributed by atoms with Crippen LogP contribution in [0.2, 0.25) is 0 Å². The lowest BCUT2D eigenvalue weighted by atomic mass is 10.0. The highest BCUT2D eigenvalue weighted by Gasteiger charge is 2.02. The highest BCUT2D eigenvalue weighted by molar-refractivity contribution is 5.64. The van der Waals surface area contributed by atoms with Gasteiger partial charge in [-0.3, -0.25) is 0 Å². The largest absolute Gasteiger partial charge is 0.497 e. The maximum atomic E-state index is 5.71. The van der Waals surface area contributed by atoms with E-state index in [4.69, 9.17) is 10.5 Å².